The number of fused-ring (bicyclic) bond motifs is 1. The molecule has 0 radical (unpaired) electrons. The van der Waals surface area contributed by atoms with E-state index in [1.54, 1.807) is 24.3 Å². The fourth-order valence-corrected chi connectivity index (χ4v) is 1.63. The number of para-hydroxylation sites is 1. The van der Waals surface area contributed by atoms with Crippen LogP contribution in [0.15, 0.2) is 30.5 Å². The van der Waals surface area contributed by atoms with E-state index < -0.39 is 17.9 Å². The van der Waals surface area contributed by atoms with E-state index in [9.17, 15) is 18.9 Å². The third-order valence-electron chi connectivity index (χ3n) is 2.39. The molecule has 0 fully saturated rings. The Hall–Kier alpha value is -2.31. The van der Waals surface area contributed by atoms with Crippen LogP contribution in [-0.4, -0.2) is 22.9 Å². The normalized spacial score (nSPS) is 10.8. The molecule has 5 nitrogen and oxygen atoms in total. The molecule has 7 heteroatoms. The average molecular weight is 253 g/mol. The summed E-state index contributed by atoms with van der Waals surface area (Å²) in [4.78, 5) is 14.1. The van der Waals surface area contributed by atoms with Crippen molar-refractivity contribution in [2.45, 2.75) is 6.43 Å². The number of nitrogens with zero attached hydrogens (tertiary/aromatic N) is 2. The van der Waals surface area contributed by atoms with E-state index in [0.29, 0.717) is 10.9 Å². The van der Waals surface area contributed by atoms with E-state index in [0.717, 1.165) is 6.20 Å². The highest BCUT2D eigenvalue weighted by Gasteiger charge is 2.18. The molecule has 0 unspecified atom stereocenters. The van der Waals surface area contributed by atoms with E-state index in [-0.39, 0.29) is 11.4 Å². The first kappa shape index (κ1) is 12.2. The first-order valence-electron chi connectivity index (χ1n) is 5.13. The predicted octanol–water partition coefficient (Wildman–Crippen LogP) is 2.82. The number of rotatable bonds is 4. The van der Waals surface area contributed by atoms with Crippen molar-refractivity contribution in [2.24, 2.45) is 0 Å². The van der Waals surface area contributed by atoms with Gasteiger partial charge < -0.3 is 5.32 Å². The first-order valence-corrected chi connectivity index (χ1v) is 5.13. The minimum atomic E-state index is -2.59. The number of hydrogen-bond acceptors (Lipinski definition) is 4. The molecule has 0 aliphatic heterocycles. The second-order valence-corrected chi connectivity index (χ2v) is 3.56. The zero-order valence-corrected chi connectivity index (χ0v) is 9.14. The summed E-state index contributed by atoms with van der Waals surface area (Å²) < 4.78 is 24.4. The molecule has 2 rings (SSSR count). The van der Waals surface area contributed by atoms with Crippen molar-refractivity contribution in [3.8, 4) is 0 Å². The molecule has 0 aliphatic rings. The molecule has 0 aliphatic carbocycles. The molecule has 0 bridgehead atoms. The Labute approximate surface area is 101 Å². The molecule has 1 heterocycles. The minimum absolute atomic E-state index is 0.0749. The van der Waals surface area contributed by atoms with E-state index in [2.05, 4.69) is 10.3 Å². The molecule has 1 aromatic heterocycles. The summed E-state index contributed by atoms with van der Waals surface area (Å²) >= 11 is 0. The highest BCUT2D eigenvalue weighted by Crippen LogP contribution is 2.31. The van der Waals surface area contributed by atoms with E-state index in [1.807, 2.05) is 0 Å². The van der Waals surface area contributed by atoms with Crippen LogP contribution in [0, 0.1) is 10.1 Å². The molecule has 94 valence electrons. The van der Waals surface area contributed by atoms with Crippen LogP contribution < -0.4 is 5.32 Å². The third-order valence-corrected chi connectivity index (χ3v) is 2.39. The zero-order chi connectivity index (χ0) is 13.1. The minimum Gasteiger partial charge on any atom is -0.373 e. The molecule has 0 atom stereocenters. The lowest BCUT2D eigenvalue weighted by molar-refractivity contribution is -0.384. The lowest BCUT2D eigenvalue weighted by atomic mass is 10.1. The van der Waals surface area contributed by atoms with Crippen LogP contribution in [0.2, 0.25) is 0 Å². The van der Waals surface area contributed by atoms with Crippen molar-refractivity contribution in [2.75, 3.05) is 11.9 Å². The Morgan fingerprint density at radius 3 is 2.78 bits per heavy atom. The molecule has 1 aromatic carbocycles. The molecule has 0 saturated heterocycles. The summed E-state index contributed by atoms with van der Waals surface area (Å²) in [5.41, 5.74) is 0.278. The molecule has 0 saturated carbocycles. The summed E-state index contributed by atoms with van der Waals surface area (Å²) in [6, 6.07) is 6.65. The molecule has 2 aromatic rings. The topological polar surface area (TPSA) is 68.1 Å². The van der Waals surface area contributed by atoms with Gasteiger partial charge in [0.1, 0.15) is 11.9 Å². The van der Waals surface area contributed by atoms with Crippen molar-refractivity contribution in [1.82, 2.24) is 4.98 Å². The number of alkyl halides is 2. The van der Waals surface area contributed by atoms with Gasteiger partial charge in [-0.2, -0.15) is 0 Å². The number of pyridine rings is 1. The molecule has 1 N–H and O–H groups in total. The highest BCUT2D eigenvalue weighted by molar-refractivity contribution is 5.95. The van der Waals surface area contributed by atoms with Crippen molar-refractivity contribution >= 4 is 22.3 Å². The molecule has 18 heavy (non-hydrogen) atoms. The molecule has 0 spiro atoms. The lowest BCUT2D eigenvalue weighted by Gasteiger charge is -2.09. The van der Waals surface area contributed by atoms with Crippen molar-refractivity contribution in [3.05, 3.63) is 40.6 Å². The number of hydrogen-bond donors (Lipinski definition) is 1. The Kier molecular flexibility index (Phi) is 3.31. The number of anilines is 1. The maximum atomic E-state index is 12.2. The summed E-state index contributed by atoms with van der Waals surface area (Å²) in [5, 5.41) is 13.7. The summed E-state index contributed by atoms with van der Waals surface area (Å²) in [6.07, 6.45) is -1.52. The number of halogens is 2. The van der Waals surface area contributed by atoms with Gasteiger partial charge in [-0.1, -0.05) is 18.2 Å². The van der Waals surface area contributed by atoms with Gasteiger partial charge in [-0.05, 0) is 6.07 Å². The van der Waals surface area contributed by atoms with Crippen molar-refractivity contribution < 1.29 is 13.7 Å². The van der Waals surface area contributed by atoms with Crippen LogP contribution in [0.25, 0.3) is 10.9 Å². The van der Waals surface area contributed by atoms with E-state index in [1.165, 1.54) is 0 Å². The fraction of sp³-hybridized carbons (Fsp3) is 0.182. The second kappa shape index (κ2) is 4.91. The molecule has 0 amide bonds. The second-order valence-electron chi connectivity index (χ2n) is 3.56. The van der Waals surface area contributed by atoms with Gasteiger partial charge in [0.05, 0.1) is 17.0 Å². The van der Waals surface area contributed by atoms with Gasteiger partial charge in [-0.3, -0.25) is 10.1 Å². The number of nitrogens with one attached hydrogen (secondary N) is 1. The van der Waals surface area contributed by atoms with Crippen LogP contribution in [0.4, 0.5) is 20.2 Å². The first-order chi connectivity index (χ1) is 8.59. The SMILES string of the molecule is O=[N+]([O-])c1cnc2ccccc2c1NCC(F)F. The standard InChI is InChI=1S/C11H9F2N3O2/c12-10(13)6-15-11-7-3-1-2-4-8(7)14-5-9(11)16(17)18/h1-5,10H,6H2,(H,14,15). The largest absolute Gasteiger partial charge is 0.373 e. The molecular weight excluding hydrogens is 244 g/mol. The number of benzene rings is 1. The van der Waals surface area contributed by atoms with Gasteiger partial charge >= 0.3 is 5.69 Å². The van der Waals surface area contributed by atoms with Gasteiger partial charge in [0, 0.05) is 5.39 Å². The van der Waals surface area contributed by atoms with Gasteiger partial charge in [0.2, 0.25) is 0 Å². The monoisotopic (exact) mass is 253 g/mol. The van der Waals surface area contributed by atoms with Crippen LogP contribution >= 0.6 is 0 Å². The quantitative estimate of drug-likeness (QED) is 0.672. The average Bonchev–Trinajstić information content (AvgIpc) is 2.35. The van der Waals surface area contributed by atoms with Crippen molar-refractivity contribution in [1.29, 1.82) is 0 Å². The lowest BCUT2D eigenvalue weighted by Crippen LogP contribution is -2.12. The Balaban J connectivity index is 2.55. The van der Waals surface area contributed by atoms with Gasteiger partial charge in [0.15, 0.2) is 0 Å². The summed E-state index contributed by atoms with van der Waals surface area (Å²) in [5.74, 6) is 0. The summed E-state index contributed by atoms with van der Waals surface area (Å²) in [7, 11) is 0. The Bertz CT molecular complexity index is 590. The van der Waals surface area contributed by atoms with Crippen LogP contribution in [-0.2, 0) is 0 Å². The maximum Gasteiger partial charge on any atom is 0.311 e. The van der Waals surface area contributed by atoms with Crippen LogP contribution in [0.5, 0.6) is 0 Å². The van der Waals surface area contributed by atoms with Crippen molar-refractivity contribution in [3.63, 3.8) is 0 Å². The van der Waals surface area contributed by atoms with Gasteiger partial charge in [-0.25, -0.2) is 13.8 Å². The Morgan fingerprint density at radius 1 is 1.39 bits per heavy atom. The van der Waals surface area contributed by atoms with Gasteiger partial charge in [-0.15, -0.1) is 0 Å². The Morgan fingerprint density at radius 2 is 2.11 bits per heavy atom. The van der Waals surface area contributed by atoms with E-state index >= 15 is 0 Å². The number of aromatic nitrogens is 1. The fourth-order valence-electron chi connectivity index (χ4n) is 1.63. The van der Waals surface area contributed by atoms with Crippen LogP contribution in [0.1, 0.15) is 0 Å². The zero-order valence-electron chi connectivity index (χ0n) is 9.14. The predicted molar refractivity (Wildman–Crippen MR) is 62.9 cm³/mol. The highest BCUT2D eigenvalue weighted by atomic mass is 19.3. The smallest absolute Gasteiger partial charge is 0.311 e. The molecular formula is C11H9F2N3O2. The summed E-state index contributed by atoms with van der Waals surface area (Å²) in [6.45, 7) is -0.644. The van der Waals surface area contributed by atoms with Gasteiger partial charge in [0.25, 0.3) is 6.43 Å². The van der Waals surface area contributed by atoms with Crippen LogP contribution in [0.3, 0.4) is 0 Å². The third kappa shape index (κ3) is 2.34. The number of nitro groups is 1. The van der Waals surface area contributed by atoms with E-state index in [4.69, 9.17) is 0 Å². The maximum absolute atomic E-state index is 12.2.